The summed E-state index contributed by atoms with van der Waals surface area (Å²) in [6, 6.07) is 18.2. The number of amides is 3. The maximum atomic E-state index is 15.7. The number of tetrazole rings is 1. The van der Waals surface area contributed by atoms with Gasteiger partial charge in [-0.2, -0.15) is 5.21 Å². The Morgan fingerprint density at radius 3 is 2.29 bits per heavy atom. The number of rotatable bonds is 10. The van der Waals surface area contributed by atoms with E-state index in [-0.39, 0.29) is 48.0 Å². The van der Waals surface area contributed by atoms with E-state index < -0.39 is 11.9 Å². The van der Waals surface area contributed by atoms with E-state index in [1.54, 1.807) is 53.4 Å². The molecule has 3 amide bonds. The van der Waals surface area contributed by atoms with Crippen molar-refractivity contribution in [1.29, 1.82) is 0 Å². The Balaban J connectivity index is 0.00000468. The van der Waals surface area contributed by atoms with Crippen LogP contribution in [-0.4, -0.2) is 82.0 Å². The minimum Gasteiger partial charge on any atom is -0.344 e. The molecule has 1 saturated carbocycles. The predicted octanol–water partition coefficient (Wildman–Crippen LogP) is 3.57. The molecule has 0 bridgehead atoms. The highest BCUT2D eigenvalue weighted by Crippen LogP contribution is 2.29. The summed E-state index contributed by atoms with van der Waals surface area (Å²) in [6.07, 6.45) is 3.46. The van der Waals surface area contributed by atoms with E-state index >= 15 is 4.39 Å². The number of anilines is 1. The van der Waals surface area contributed by atoms with Crippen LogP contribution in [0.25, 0.3) is 22.5 Å². The quantitative estimate of drug-likeness (QED) is 0.168. The number of hydrogen-bond acceptors (Lipinski definition) is 8. The summed E-state index contributed by atoms with van der Waals surface area (Å²) in [4.78, 5) is 41.7. The van der Waals surface area contributed by atoms with Crippen LogP contribution in [0.5, 0.6) is 0 Å². The third-order valence-electron chi connectivity index (χ3n) is 9.28. The van der Waals surface area contributed by atoms with Gasteiger partial charge in [0, 0.05) is 55.3 Å². The van der Waals surface area contributed by atoms with Crippen molar-refractivity contribution in [2.75, 3.05) is 38.0 Å². The largest absolute Gasteiger partial charge is 0.344 e. The van der Waals surface area contributed by atoms with Crippen molar-refractivity contribution < 1.29 is 18.8 Å². The summed E-state index contributed by atoms with van der Waals surface area (Å²) in [7, 11) is 0. The highest BCUT2D eigenvalue weighted by molar-refractivity contribution is 5.98. The van der Waals surface area contributed by atoms with Gasteiger partial charge in [0.2, 0.25) is 17.6 Å². The van der Waals surface area contributed by atoms with Crippen molar-refractivity contribution in [3.05, 3.63) is 83.7 Å². The zero-order valence-electron chi connectivity index (χ0n) is 27.0. The van der Waals surface area contributed by atoms with Crippen molar-refractivity contribution >= 4 is 35.8 Å². The minimum atomic E-state index is -0.857. The van der Waals surface area contributed by atoms with E-state index in [9.17, 15) is 14.4 Å². The van der Waals surface area contributed by atoms with Crippen LogP contribution in [0.2, 0.25) is 0 Å². The van der Waals surface area contributed by atoms with E-state index in [2.05, 4.69) is 36.6 Å². The van der Waals surface area contributed by atoms with Crippen molar-refractivity contribution in [3.63, 3.8) is 0 Å². The molecular weight excluding hydrogens is 649 g/mol. The highest BCUT2D eigenvalue weighted by atomic mass is 35.5. The molecule has 1 saturated heterocycles. The molecule has 1 aliphatic heterocycles. The fourth-order valence-electron chi connectivity index (χ4n) is 6.39. The molecule has 6 rings (SSSR count). The number of nitrogens with one attached hydrogen (secondary N) is 4. The summed E-state index contributed by atoms with van der Waals surface area (Å²) in [6.45, 7) is 3.03. The number of aromatic amines is 1. The molecule has 3 aromatic carbocycles. The molecule has 14 heteroatoms. The number of benzene rings is 3. The zero-order chi connectivity index (χ0) is 33.5. The van der Waals surface area contributed by atoms with Crippen LogP contribution in [-0.2, 0) is 16.0 Å². The number of H-pyrrole nitrogens is 1. The maximum Gasteiger partial charge on any atom is 0.256 e. The average molecular weight is 690 g/mol. The molecule has 1 atom stereocenters. The Kier molecular flexibility index (Phi) is 12.1. The van der Waals surface area contributed by atoms with E-state index in [1.165, 1.54) is 6.07 Å². The van der Waals surface area contributed by atoms with Gasteiger partial charge >= 0.3 is 0 Å². The van der Waals surface area contributed by atoms with Crippen LogP contribution in [0.4, 0.5) is 10.1 Å². The van der Waals surface area contributed by atoms with Gasteiger partial charge in [-0.1, -0.05) is 36.4 Å². The molecule has 2 aliphatic rings. The Morgan fingerprint density at radius 1 is 0.939 bits per heavy atom. The molecule has 0 radical (unpaired) electrons. The molecule has 1 aromatic heterocycles. The average Bonchev–Trinajstić information content (AvgIpc) is 3.68. The molecule has 1 aliphatic carbocycles. The number of carbonyl (C=O) groups is 3. The SMILES string of the molecule is Cl.NCC1CCC(C(=O)N[C@@H](Cc2ccc(-c3cccc(C(=O)N4CCNCC4)c3F)cc2)C(=O)Nc2ccc(-c3nn[nH]n3)cc2)CC1. The van der Waals surface area contributed by atoms with Crippen LogP contribution in [0, 0.1) is 17.7 Å². The lowest BCUT2D eigenvalue weighted by atomic mass is 9.81. The molecule has 2 fully saturated rings. The van der Waals surface area contributed by atoms with Crippen LogP contribution >= 0.6 is 12.4 Å². The molecule has 49 heavy (non-hydrogen) atoms. The smallest absolute Gasteiger partial charge is 0.256 e. The lowest BCUT2D eigenvalue weighted by Gasteiger charge is -2.28. The van der Waals surface area contributed by atoms with Gasteiger partial charge < -0.3 is 26.6 Å². The van der Waals surface area contributed by atoms with Crippen molar-refractivity contribution in [2.45, 2.75) is 38.1 Å². The topological polar surface area (TPSA) is 171 Å². The number of nitrogens with zero attached hydrogens (tertiary/aromatic N) is 4. The maximum absolute atomic E-state index is 15.7. The van der Waals surface area contributed by atoms with Crippen LogP contribution in [0.15, 0.2) is 66.7 Å². The summed E-state index contributed by atoms with van der Waals surface area (Å²) < 4.78 is 15.7. The molecule has 0 unspecified atom stereocenters. The Labute approximate surface area is 290 Å². The van der Waals surface area contributed by atoms with Crippen molar-refractivity contribution in [1.82, 2.24) is 36.2 Å². The monoisotopic (exact) mass is 689 g/mol. The minimum absolute atomic E-state index is 0. The Bertz CT molecular complexity index is 1710. The number of hydrogen-bond donors (Lipinski definition) is 5. The molecular formula is C35H41ClFN9O3. The number of nitrogens with two attached hydrogens (primary N) is 1. The Morgan fingerprint density at radius 2 is 1.63 bits per heavy atom. The summed E-state index contributed by atoms with van der Waals surface area (Å²) >= 11 is 0. The van der Waals surface area contributed by atoms with Crippen LogP contribution < -0.4 is 21.7 Å². The second-order valence-corrected chi connectivity index (χ2v) is 12.4. The van der Waals surface area contributed by atoms with Gasteiger partial charge in [-0.15, -0.1) is 22.6 Å². The van der Waals surface area contributed by atoms with E-state index in [0.717, 1.165) is 36.8 Å². The number of carbonyl (C=O) groups excluding carboxylic acids is 3. The van der Waals surface area contributed by atoms with Crippen LogP contribution in [0.3, 0.4) is 0 Å². The molecule has 6 N–H and O–H groups in total. The third kappa shape index (κ3) is 8.66. The predicted molar refractivity (Wildman–Crippen MR) is 186 cm³/mol. The Hall–Kier alpha value is -4.72. The lowest BCUT2D eigenvalue weighted by Crippen LogP contribution is -2.48. The first kappa shape index (κ1) is 35.6. The number of halogens is 2. The fraction of sp³-hybridized carbons (Fsp3) is 0.371. The fourth-order valence-corrected chi connectivity index (χ4v) is 6.39. The summed E-state index contributed by atoms with van der Waals surface area (Å²) in [5, 5.41) is 23.1. The second-order valence-electron chi connectivity index (χ2n) is 12.4. The van der Waals surface area contributed by atoms with Gasteiger partial charge in [-0.3, -0.25) is 14.4 Å². The zero-order valence-corrected chi connectivity index (χ0v) is 27.8. The molecule has 2 heterocycles. The molecule has 258 valence electrons. The van der Waals surface area contributed by atoms with Gasteiger partial charge in [0.05, 0.1) is 5.56 Å². The normalized spacial score (nSPS) is 18.2. The van der Waals surface area contributed by atoms with Gasteiger partial charge in [-0.25, -0.2) is 4.39 Å². The molecule has 0 spiro atoms. The first-order valence-electron chi connectivity index (χ1n) is 16.4. The van der Waals surface area contributed by atoms with Gasteiger partial charge in [-0.05, 0) is 84.8 Å². The van der Waals surface area contributed by atoms with E-state index in [0.29, 0.717) is 61.3 Å². The first-order chi connectivity index (χ1) is 23.4. The van der Waals surface area contributed by atoms with Crippen LogP contribution in [0.1, 0.15) is 41.6 Å². The third-order valence-corrected chi connectivity index (χ3v) is 9.28. The molecule has 12 nitrogen and oxygen atoms in total. The van der Waals surface area contributed by atoms with Gasteiger partial charge in [0.1, 0.15) is 11.9 Å². The summed E-state index contributed by atoms with van der Waals surface area (Å²) in [5.74, 6) is -0.718. The highest BCUT2D eigenvalue weighted by Gasteiger charge is 2.30. The second kappa shape index (κ2) is 16.6. The van der Waals surface area contributed by atoms with Gasteiger partial charge in [0.25, 0.3) is 5.91 Å². The van der Waals surface area contributed by atoms with Gasteiger partial charge in [0.15, 0.2) is 0 Å². The van der Waals surface area contributed by atoms with Crippen molar-refractivity contribution in [3.8, 4) is 22.5 Å². The summed E-state index contributed by atoms with van der Waals surface area (Å²) in [5.41, 5.74) is 8.88. The van der Waals surface area contributed by atoms with Crippen molar-refractivity contribution in [2.24, 2.45) is 17.6 Å². The first-order valence-corrected chi connectivity index (χ1v) is 16.4. The lowest BCUT2D eigenvalue weighted by molar-refractivity contribution is -0.130. The standard InChI is InChI=1S/C35H40FN9O3.ClH/c36-31-28(2-1-3-29(31)35(48)45-18-16-38-17-19-45)24-8-4-22(5-9-24)20-30(40-33(46)26-10-6-23(21-37)7-11-26)34(47)39-27-14-12-25(13-15-27)32-41-43-44-42-32;/h1-5,8-9,12-15,23,26,30,38H,6-7,10-11,16-21,37H2,(H,39,47)(H,40,46)(H,41,42,43,44);1H/t23?,26?,30-;/m0./s1. The van der Waals surface area contributed by atoms with E-state index in [1.807, 2.05) is 12.1 Å². The number of aromatic nitrogens is 4. The number of piperazine rings is 1. The van der Waals surface area contributed by atoms with E-state index in [4.69, 9.17) is 5.73 Å². The molecule has 4 aromatic rings.